The van der Waals surface area contributed by atoms with Gasteiger partial charge in [0.2, 0.25) is 5.91 Å². The Bertz CT molecular complexity index is 549. The second kappa shape index (κ2) is 8.72. The number of hydrogen-bond acceptors (Lipinski definition) is 3. The van der Waals surface area contributed by atoms with Crippen molar-refractivity contribution in [2.45, 2.75) is 12.8 Å². The molecule has 0 spiro atoms. The van der Waals surface area contributed by atoms with Gasteiger partial charge in [-0.25, -0.2) is 0 Å². The molecule has 0 radical (unpaired) electrons. The third-order valence-electron chi connectivity index (χ3n) is 3.51. The van der Waals surface area contributed by atoms with E-state index in [1.54, 1.807) is 18.2 Å². The van der Waals surface area contributed by atoms with Gasteiger partial charge in [-0.3, -0.25) is 14.5 Å². The summed E-state index contributed by atoms with van der Waals surface area (Å²) in [6.45, 7) is 1.50. The van der Waals surface area contributed by atoms with E-state index in [1.165, 1.54) is 0 Å². The fourth-order valence-corrected chi connectivity index (χ4v) is 3.04. The summed E-state index contributed by atoms with van der Waals surface area (Å²) < 4.78 is 0.848. The molecule has 0 bridgehead atoms. The fourth-order valence-electron chi connectivity index (χ4n) is 2.32. The van der Waals surface area contributed by atoms with Gasteiger partial charge in [0.05, 0.1) is 23.2 Å². The summed E-state index contributed by atoms with van der Waals surface area (Å²) in [6.07, 6.45) is 1.17. The summed E-state index contributed by atoms with van der Waals surface area (Å²) in [5.74, 6) is -1.18. The quantitative estimate of drug-likeness (QED) is 0.797. The molecular formula is C14H17BrCl2N2O3. The number of rotatable bonds is 4. The number of carbonyl (C=O) groups excluding carboxylic acids is 1. The maximum atomic E-state index is 12.0. The van der Waals surface area contributed by atoms with Crippen LogP contribution in [0.1, 0.15) is 12.8 Å². The summed E-state index contributed by atoms with van der Waals surface area (Å²) in [4.78, 5) is 24.8. The number of nitrogens with zero attached hydrogens (tertiary/aromatic N) is 1. The second-order valence-electron chi connectivity index (χ2n) is 5.06. The highest BCUT2D eigenvalue weighted by Gasteiger charge is 2.25. The lowest BCUT2D eigenvalue weighted by atomic mass is 9.97. The molecule has 1 aliphatic rings. The van der Waals surface area contributed by atoms with Crippen LogP contribution in [-0.4, -0.2) is 41.5 Å². The highest BCUT2D eigenvalue weighted by molar-refractivity contribution is 9.10. The molecule has 2 N–H and O–H groups in total. The van der Waals surface area contributed by atoms with E-state index in [9.17, 15) is 9.59 Å². The Labute approximate surface area is 148 Å². The monoisotopic (exact) mass is 410 g/mol. The third kappa shape index (κ3) is 5.43. The zero-order chi connectivity index (χ0) is 15.4. The Hall–Kier alpha value is -0.820. The molecule has 1 aromatic carbocycles. The van der Waals surface area contributed by atoms with E-state index in [-0.39, 0.29) is 30.8 Å². The van der Waals surface area contributed by atoms with Gasteiger partial charge >= 0.3 is 5.97 Å². The van der Waals surface area contributed by atoms with Crippen molar-refractivity contribution in [2.24, 2.45) is 5.92 Å². The molecule has 1 aromatic rings. The molecule has 22 heavy (non-hydrogen) atoms. The lowest BCUT2D eigenvalue weighted by Crippen LogP contribution is -2.40. The van der Waals surface area contributed by atoms with Crippen LogP contribution in [0.15, 0.2) is 22.7 Å². The largest absolute Gasteiger partial charge is 0.481 e. The van der Waals surface area contributed by atoms with Crippen LogP contribution < -0.4 is 5.32 Å². The number of carboxylic acid groups (broad SMARTS) is 1. The van der Waals surface area contributed by atoms with Crippen molar-refractivity contribution in [3.63, 3.8) is 0 Å². The summed E-state index contributed by atoms with van der Waals surface area (Å²) in [7, 11) is 0. The van der Waals surface area contributed by atoms with E-state index in [2.05, 4.69) is 21.2 Å². The fraction of sp³-hybridized carbons (Fsp3) is 0.429. The van der Waals surface area contributed by atoms with Crippen molar-refractivity contribution in [3.8, 4) is 0 Å². The molecule has 0 aromatic heterocycles. The highest BCUT2D eigenvalue weighted by Crippen LogP contribution is 2.25. The topological polar surface area (TPSA) is 69.6 Å². The first kappa shape index (κ1) is 19.2. The van der Waals surface area contributed by atoms with Crippen molar-refractivity contribution in [3.05, 3.63) is 27.7 Å². The van der Waals surface area contributed by atoms with Gasteiger partial charge in [0.15, 0.2) is 0 Å². The average Bonchev–Trinajstić information content (AvgIpc) is 2.42. The molecule has 1 fully saturated rings. The SMILES string of the molecule is Cl.O=C(CN1CCC(C(=O)O)CC1)Nc1ccc(Br)cc1Cl. The Morgan fingerprint density at radius 2 is 2.00 bits per heavy atom. The highest BCUT2D eigenvalue weighted by atomic mass is 79.9. The Kier molecular flexibility index (Phi) is 7.62. The number of benzene rings is 1. The molecular weight excluding hydrogens is 395 g/mol. The van der Waals surface area contributed by atoms with Gasteiger partial charge in [0, 0.05) is 4.47 Å². The van der Waals surface area contributed by atoms with Gasteiger partial charge in [0.25, 0.3) is 0 Å². The normalized spacial score (nSPS) is 15.9. The number of hydrogen-bond donors (Lipinski definition) is 2. The first-order valence-electron chi connectivity index (χ1n) is 6.66. The number of likely N-dealkylation sites (tertiary alicyclic amines) is 1. The maximum absolute atomic E-state index is 12.0. The number of nitrogens with one attached hydrogen (secondary N) is 1. The number of halogens is 3. The number of anilines is 1. The lowest BCUT2D eigenvalue weighted by molar-refractivity contribution is -0.143. The first-order chi connectivity index (χ1) is 9.95. The van der Waals surface area contributed by atoms with Crippen LogP contribution in [0.4, 0.5) is 5.69 Å². The van der Waals surface area contributed by atoms with Crippen LogP contribution >= 0.6 is 39.9 Å². The molecule has 1 saturated heterocycles. The predicted molar refractivity (Wildman–Crippen MR) is 91.8 cm³/mol. The molecule has 0 unspecified atom stereocenters. The van der Waals surface area contributed by atoms with Crippen molar-refractivity contribution >= 4 is 57.5 Å². The molecule has 1 aliphatic heterocycles. The number of carbonyl (C=O) groups is 2. The van der Waals surface area contributed by atoms with E-state index < -0.39 is 5.97 Å². The van der Waals surface area contributed by atoms with Crippen LogP contribution in [-0.2, 0) is 9.59 Å². The number of carboxylic acids is 1. The Balaban J connectivity index is 0.00000242. The molecule has 1 amide bonds. The van der Waals surface area contributed by atoms with Crippen molar-refractivity contribution < 1.29 is 14.7 Å². The molecule has 5 nitrogen and oxygen atoms in total. The van der Waals surface area contributed by atoms with Crippen molar-refractivity contribution in [1.29, 1.82) is 0 Å². The zero-order valence-electron chi connectivity index (χ0n) is 11.7. The molecule has 0 saturated carbocycles. The predicted octanol–water partition coefficient (Wildman–Crippen LogP) is 3.26. The van der Waals surface area contributed by atoms with Crippen LogP contribution in [0.3, 0.4) is 0 Å². The smallest absolute Gasteiger partial charge is 0.306 e. The van der Waals surface area contributed by atoms with Crippen molar-refractivity contribution in [2.75, 3.05) is 25.0 Å². The van der Waals surface area contributed by atoms with Crippen LogP contribution in [0.2, 0.25) is 5.02 Å². The van der Waals surface area contributed by atoms with Crippen LogP contribution in [0.5, 0.6) is 0 Å². The minimum Gasteiger partial charge on any atom is -0.481 e. The second-order valence-corrected chi connectivity index (χ2v) is 6.38. The van der Waals surface area contributed by atoms with E-state index in [0.29, 0.717) is 36.6 Å². The number of amides is 1. The molecule has 0 aliphatic carbocycles. The van der Waals surface area contributed by atoms with Gasteiger partial charge < -0.3 is 10.4 Å². The van der Waals surface area contributed by atoms with Crippen molar-refractivity contribution in [1.82, 2.24) is 4.90 Å². The Morgan fingerprint density at radius 1 is 1.36 bits per heavy atom. The van der Waals surface area contributed by atoms with E-state index in [4.69, 9.17) is 16.7 Å². The number of piperidine rings is 1. The molecule has 2 rings (SSSR count). The summed E-state index contributed by atoms with van der Waals surface area (Å²) in [5, 5.41) is 12.2. The van der Waals surface area contributed by atoms with Gasteiger partial charge in [-0.05, 0) is 44.1 Å². The summed E-state index contributed by atoms with van der Waals surface area (Å²) in [5.41, 5.74) is 0.574. The summed E-state index contributed by atoms with van der Waals surface area (Å²) in [6, 6.07) is 5.26. The van der Waals surface area contributed by atoms with Gasteiger partial charge in [-0.2, -0.15) is 0 Å². The molecule has 122 valence electrons. The Morgan fingerprint density at radius 3 is 2.55 bits per heavy atom. The van der Waals surface area contributed by atoms with Gasteiger partial charge in [-0.15, -0.1) is 12.4 Å². The summed E-state index contributed by atoms with van der Waals surface area (Å²) >= 11 is 9.35. The standard InChI is InChI=1S/C14H16BrClN2O3.ClH/c15-10-1-2-12(11(16)7-10)17-13(19)8-18-5-3-9(4-6-18)14(20)21;/h1-2,7,9H,3-6,8H2,(H,17,19)(H,20,21);1H. The average molecular weight is 412 g/mol. The van der Waals surface area contributed by atoms with E-state index in [1.807, 2.05) is 4.90 Å². The third-order valence-corrected chi connectivity index (χ3v) is 4.32. The maximum Gasteiger partial charge on any atom is 0.306 e. The van der Waals surface area contributed by atoms with E-state index >= 15 is 0 Å². The minimum atomic E-state index is -0.749. The van der Waals surface area contributed by atoms with Crippen LogP contribution in [0, 0.1) is 5.92 Å². The first-order valence-corrected chi connectivity index (χ1v) is 7.83. The lowest BCUT2D eigenvalue weighted by Gasteiger charge is -2.29. The minimum absolute atomic E-state index is 0. The van der Waals surface area contributed by atoms with Crippen LogP contribution in [0.25, 0.3) is 0 Å². The molecule has 1 heterocycles. The molecule has 0 atom stereocenters. The zero-order valence-corrected chi connectivity index (χ0v) is 14.9. The van der Waals surface area contributed by atoms with Gasteiger partial charge in [0.1, 0.15) is 0 Å². The number of aliphatic carboxylic acids is 1. The van der Waals surface area contributed by atoms with E-state index in [0.717, 1.165) is 4.47 Å². The molecule has 8 heteroatoms. The van der Waals surface area contributed by atoms with Gasteiger partial charge in [-0.1, -0.05) is 27.5 Å².